The van der Waals surface area contributed by atoms with Crippen molar-refractivity contribution in [1.82, 2.24) is 10.5 Å². The monoisotopic (exact) mass is 341 g/mol. The lowest BCUT2D eigenvalue weighted by Crippen LogP contribution is -2.24. The number of fused-ring (bicyclic) bond motifs is 1. The molecule has 0 unspecified atom stereocenters. The lowest BCUT2D eigenvalue weighted by atomic mass is 10.0. The van der Waals surface area contributed by atoms with Crippen LogP contribution in [0, 0.1) is 0 Å². The highest BCUT2D eigenvalue weighted by Crippen LogP contribution is 2.23. The standard InChI is InChI=1S/C19H23N3O3/c1-3-15-14(17(4-2)25-22-15)11-20-19(24)13-8-9-16-12(10-13)6-5-7-18(23)21-16/h8-10H,3-7,11H2,1-2H3,(H,20,24)(H,21,23). The Kier molecular flexibility index (Phi) is 5.16. The second-order valence-corrected chi connectivity index (χ2v) is 6.19. The van der Waals surface area contributed by atoms with Gasteiger partial charge in [0.2, 0.25) is 5.91 Å². The van der Waals surface area contributed by atoms with Crippen molar-refractivity contribution in [3.05, 3.63) is 46.3 Å². The summed E-state index contributed by atoms with van der Waals surface area (Å²) in [6.45, 7) is 4.43. The quantitative estimate of drug-likeness (QED) is 0.875. The number of nitrogens with zero attached hydrogens (tertiary/aromatic N) is 1. The Morgan fingerprint density at radius 2 is 2.12 bits per heavy atom. The van der Waals surface area contributed by atoms with Gasteiger partial charge in [0.25, 0.3) is 5.91 Å². The minimum absolute atomic E-state index is 0.0302. The normalized spacial score (nSPS) is 13.8. The van der Waals surface area contributed by atoms with E-state index in [1.807, 2.05) is 26.0 Å². The number of rotatable bonds is 5. The van der Waals surface area contributed by atoms with Crippen LogP contribution in [0.1, 0.15) is 59.6 Å². The number of anilines is 1. The van der Waals surface area contributed by atoms with Crippen LogP contribution in [0.4, 0.5) is 5.69 Å². The number of hydrogen-bond donors (Lipinski definition) is 2. The Labute approximate surface area is 147 Å². The number of aryl methyl sites for hydroxylation is 3. The van der Waals surface area contributed by atoms with Crippen LogP contribution in [-0.4, -0.2) is 17.0 Å². The van der Waals surface area contributed by atoms with Gasteiger partial charge < -0.3 is 15.2 Å². The van der Waals surface area contributed by atoms with Gasteiger partial charge in [-0.25, -0.2) is 0 Å². The molecule has 1 aliphatic heterocycles. The van der Waals surface area contributed by atoms with Crippen LogP contribution < -0.4 is 10.6 Å². The van der Waals surface area contributed by atoms with E-state index < -0.39 is 0 Å². The number of amides is 2. The van der Waals surface area contributed by atoms with Gasteiger partial charge in [-0.2, -0.15) is 0 Å². The van der Waals surface area contributed by atoms with Crippen molar-refractivity contribution in [2.24, 2.45) is 0 Å². The first kappa shape index (κ1) is 17.2. The van der Waals surface area contributed by atoms with E-state index in [0.717, 1.165) is 54.0 Å². The number of benzene rings is 1. The molecule has 0 spiro atoms. The number of nitrogens with one attached hydrogen (secondary N) is 2. The molecule has 2 heterocycles. The summed E-state index contributed by atoms with van der Waals surface area (Å²) in [5.41, 5.74) is 4.27. The van der Waals surface area contributed by atoms with Crippen molar-refractivity contribution < 1.29 is 14.1 Å². The van der Waals surface area contributed by atoms with Gasteiger partial charge in [-0.05, 0) is 43.0 Å². The van der Waals surface area contributed by atoms with Crippen LogP contribution in [-0.2, 0) is 30.6 Å². The molecule has 0 bridgehead atoms. The average Bonchev–Trinajstić information content (AvgIpc) is 2.92. The predicted molar refractivity (Wildman–Crippen MR) is 94.4 cm³/mol. The van der Waals surface area contributed by atoms with E-state index in [0.29, 0.717) is 18.5 Å². The number of carbonyl (C=O) groups is 2. The van der Waals surface area contributed by atoms with Crippen LogP contribution in [0.3, 0.4) is 0 Å². The molecule has 0 aliphatic carbocycles. The summed E-state index contributed by atoms with van der Waals surface area (Å²) in [5, 5.41) is 9.90. The first-order valence-electron chi connectivity index (χ1n) is 8.79. The van der Waals surface area contributed by atoms with E-state index in [2.05, 4.69) is 15.8 Å². The first-order valence-corrected chi connectivity index (χ1v) is 8.79. The molecule has 6 nitrogen and oxygen atoms in total. The second kappa shape index (κ2) is 7.51. The Morgan fingerprint density at radius 3 is 2.88 bits per heavy atom. The predicted octanol–water partition coefficient (Wildman–Crippen LogP) is 3.00. The van der Waals surface area contributed by atoms with Crippen LogP contribution in [0.25, 0.3) is 0 Å². The smallest absolute Gasteiger partial charge is 0.251 e. The van der Waals surface area contributed by atoms with E-state index in [9.17, 15) is 9.59 Å². The Balaban J connectivity index is 1.73. The maximum atomic E-state index is 12.5. The van der Waals surface area contributed by atoms with Gasteiger partial charge in [0, 0.05) is 36.2 Å². The van der Waals surface area contributed by atoms with Crippen molar-refractivity contribution in [3.63, 3.8) is 0 Å². The number of hydrogen-bond acceptors (Lipinski definition) is 4. The van der Waals surface area contributed by atoms with Gasteiger partial charge in [-0.15, -0.1) is 0 Å². The third-order valence-corrected chi connectivity index (χ3v) is 4.52. The Bertz CT molecular complexity index is 774. The van der Waals surface area contributed by atoms with E-state index in [1.54, 1.807) is 6.07 Å². The van der Waals surface area contributed by atoms with Crippen LogP contribution in [0.5, 0.6) is 0 Å². The zero-order chi connectivity index (χ0) is 17.8. The molecular formula is C19H23N3O3. The molecule has 132 valence electrons. The summed E-state index contributed by atoms with van der Waals surface area (Å²) < 4.78 is 5.33. The zero-order valence-electron chi connectivity index (χ0n) is 14.6. The van der Waals surface area contributed by atoms with E-state index >= 15 is 0 Å². The van der Waals surface area contributed by atoms with Gasteiger partial charge in [0.15, 0.2) is 0 Å². The fourth-order valence-corrected chi connectivity index (χ4v) is 3.12. The van der Waals surface area contributed by atoms with Crippen molar-refractivity contribution in [2.75, 3.05) is 5.32 Å². The Hall–Kier alpha value is -2.63. The van der Waals surface area contributed by atoms with E-state index in [4.69, 9.17) is 4.52 Å². The summed E-state index contributed by atoms with van der Waals surface area (Å²) in [6.07, 6.45) is 3.62. The van der Waals surface area contributed by atoms with Crippen molar-refractivity contribution in [2.45, 2.75) is 52.5 Å². The molecule has 0 radical (unpaired) electrons. The van der Waals surface area contributed by atoms with Crippen LogP contribution >= 0.6 is 0 Å². The maximum absolute atomic E-state index is 12.5. The summed E-state index contributed by atoms with van der Waals surface area (Å²) in [6, 6.07) is 5.42. The van der Waals surface area contributed by atoms with Crippen LogP contribution in [0.15, 0.2) is 22.7 Å². The summed E-state index contributed by atoms with van der Waals surface area (Å²) in [7, 11) is 0. The van der Waals surface area contributed by atoms with Crippen LogP contribution in [0.2, 0.25) is 0 Å². The molecule has 2 N–H and O–H groups in total. The lowest BCUT2D eigenvalue weighted by molar-refractivity contribution is -0.116. The third kappa shape index (κ3) is 3.73. The fraction of sp³-hybridized carbons (Fsp3) is 0.421. The van der Waals surface area contributed by atoms with Gasteiger partial charge >= 0.3 is 0 Å². The molecule has 0 atom stereocenters. The SMILES string of the molecule is CCc1noc(CC)c1CNC(=O)c1ccc2c(c1)CCCC(=O)N2. The molecule has 25 heavy (non-hydrogen) atoms. The van der Waals surface area contributed by atoms with E-state index in [-0.39, 0.29) is 11.8 Å². The molecule has 6 heteroatoms. The molecule has 1 aromatic heterocycles. The topological polar surface area (TPSA) is 84.2 Å². The maximum Gasteiger partial charge on any atom is 0.251 e. The second-order valence-electron chi connectivity index (χ2n) is 6.19. The van der Waals surface area contributed by atoms with Crippen molar-refractivity contribution >= 4 is 17.5 Å². The molecule has 1 aliphatic rings. The Morgan fingerprint density at radius 1 is 1.28 bits per heavy atom. The molecule has 0 saturated heterocycles. The zero-order valence-corrected chi connectivity index (χ0v) is 14.6. The highest BCUT2D eigenvalue weighted by molar-refractivity contribution is 5.97. The number of carbonyl (C=O) groups excluding carboxylic acids is 2. The van der Waals surface area contributed by atoms with Gasteiger partial charge in [-0.1, -0.05) is 19.0 Å². The molecule has 0 saturated carbocycles. The molecule has 2 amide bonds. The van der Waals surface area contributed by atoms with Crippen molar-refractivity contribution in [1.29, 1.82) is 0 Å². The summed E-state index contributed by atoms with van der Waals surface area (Å²) in [4.78, 5) is 24.1. The largest absolute Gasteiger partial charge is 0.361 e. The molecule has 1 aromatic carbocycles. The fourth-order valence-electron chi connectivity index (χ4n) is 3.12. The summed E-state index contributed by atoms with van der Waals surface area (Å²) in [5.74, 6) is 0.716. The first-order chi connectivity index (χ1) is 12.1. The highest BCUT2D eigenvalue weighted by atomic mass is 16.5. The van der Waals surface area contributed by atoms with Gasteiger partial charge in [0.05, 0.1) is 5.69 Å². The summed E-state index contributed by atoms with van der Waals surface area (Å²) >= 11 is 0. The molecule has 2 aromatic rings. The minimum atomic E-state index is -0.135. The molecule has 3 rings (SSSR count). The average molecular weight is 341 g/mol. The van der Waals surface area contributed by atoms with Crippen molar-refractivity contribution in [3.8, 4) is 0 Å². The highest BCUT2D eigenvalue weighted by Gasteiger charge is 2.17. The number of aromatic nitrogens is 1. The van der Waals surface area contributed by atoms with Gasteiger partial charge in [-0.3, -0.25) is 9.59 Å². The third-order valence-electron chi connectivity index (χ3n) is 4.52. The lowest BCUT2D eigenvalue weighted by Gasteiger charge is -2.10. The molecular weight excluding hydrogens is 318 g/mol. The van der Waals surface area contributed by atoms with E-state index in [1.165, 1.54) is 0 Å². The molecule has 0 fully saturated rings. The van der Waals surface area contributed by atoms with Gasteiger partial charge in [0.1, 0.15) is 5.76 Å². The minimum Gasteiger partial charge on any atom is -0.361 e.